The number of carbonyl (C=O) groups excluding carboxylic acids is 2. The van der Waals surface area contributed by atoms with Gasteiger partial charge >= 0.3 is 0 Å². The van der Waals surface area contributed by atoms with Gasteiger partial charge in [0.1, 0.15) is 23.4 Å². The maximum absolute atomic E-state index is 14.1. The van der Waals surface area contributed by atoms with Crippen molar-refractivity contribution in [1.82, 2.24) is 29.4 Å². The molecule has 4 atom stereocenters. The van der Waals surface area contributed by atoms with Crippen LogP contribution in [0.3, 0.4) is 0 Å². The van der Waals surface area contributed by atoms with E-state index in [0.29, 0.717) is 37.4 Å². The summed E-state index contributed by atoms with van der Waals surface area (Å²) in [7, 11) is 3.78. The van der Waals surface area contributed by atoms with Crippen LogP contribution in [0.4, 0.5) is 4.39 Å². The van der Waals surface area contributed by atoms with Crippen LogP contribution in [0.15, 0.2) is 54.9 Å². The van der Waals surface area contributed by atoms with E-state index >= 15 is 0 Å². The second kappa shape index (κ2) is 13.3. The molecule has 0 saturated carbocycles. The van der Waals surface area contributed by atoms with Crippen molar-refractivity contribution in [1.29, 1.82) is 0 Å². The Morgan fingerprint density at radius 2 is 1.88 bits per heavy atom. The van der Waals surface area contributed by atoms with Gasteiger partial charge in [0.2, 0.25) is 5.91 Å². The Balaban J connectivity index is 1.56. The Morgan fingerprint density at radius 3 is 2.52 bits per heavy atom. The monoisotopic (exact) mass is 580 g/mol. The number of pyridine rings is 1. The van der Waals surface area contributed by atoms with Gasteiger partial charge < -0.3 is 24.2 Å². The van der Waals surface area contributed by atoms with E-state index in [0.717, 1.165) is 18.4 Å². The summed E-state index contributed by atoms with van der Waals surface area (Å²) < 4.78 is 15.3. The normalized spacial score (nSPS) is 17.9. The number of benzene rings is 1. The molecule has 3 heterocycles. The van der Waals surface area contributed by atoms with Crippen LogP contribution in [0.25, 0.3) is 5.65 Å². The highest BCUT2D eigenvalue weighted by molar-refractivity contribution is 5.93. The van der Waals surface area contributed by atoms with Crippen LogP contribution >= 0.6 is 0 Å². The minimum absolute atomic E-state index is 0.0753. The first kappa shape index (κ1) is 31.6. The maximum atomic E-state index is 14.1. The molecule has 2 aromatic heterocycles. The summed E-state index contributed by atoms with van der Waals surface area (Å²) in [6.07, 6.45) is 4.83. The van der Waals surface area contributed by atoms with Gasteiger partial charge in [-0.25, -0.2) is 9.37 Å². The molecule has 1 aliphatic heterocycles. The topological polar surface area (TPSA) is 93.4 Å². The number of halogens is 1. The SMILES string of the molecule is C[C@@H](C(O)NC(C(=O)N1CCCC1CN(CCc1ccc(F)cc1)C(=O)c1cn2ccccc2n1)C(C)(C)C)N(C)C. The van der Waals surface area contributed by atoms with Crippen LogP contribution in [-0.2, 0) is 11.2 Å². The van der Waals surface area contributed by atoms with E-state index in [1.807, 2.05) is 80.4 Å². The standard InChI is InChI=1S/C32H45FN6O3/c1-22(36(5)6)29(40)35-28(32(2,3)4)31(42)39-18-9-10-25(39)20-38(19-16-23-12-14-24(33)15-13-23)30(41)26-21-37-17-8-7-11-27(37)34-26/h7-8,11-15,17,21-22,25,28-29,35,40H,9-10,16,18-20H2,1-6H3/t22-,25?,28?,29?/m0/s1. The molecule has 1 fully saturated rings. The Labute approximate surface area is 248 Å². The lowest BCUT2D eigenvalue weighted by molar-refractivity contribution is -0.139. The zero-order valence-corrected chi connectivity index (χ0v) is 25.6. The quantitative estimate of drug-likeness (QED) is 0.338. The number of carbonyl (C=O) groups is 2. The molecule has 2 N–H and O–H groups in total. The molecule has 9 nitrogen and oxygen atoms in total. The summed E-state index contributed by atoms with van der Waals surface area (Å²) in [5.74, 6) is -0.585. The molecular formula is C32H45FN6O3. The van der Waals surface area contributed by atoms with Crippen molar-refractivity contribution >= 4 is 17.5 Å². The first-order chi connectivity index (χ1) is 19.8. The molecule has 10 heteroatoms. The zero-order chi connectivity index (χ0) is 30.6. The number of nitrogens with one attached hydrogen (secondary N) is 1. The number of aliphatic hydroxyl groups excluding tert-OH is 1. The third-order valence-electron chi connectivity index (χ3n) is 8.27. The Kier molecular flexibility index (Phi) is 10.0. The number of likely N-dealkylation sites (tertiary alicyclic amines) is 1. The first-order valence-corrected chi connectivity index (χ1v) is 14.7. The van der Waals surface area contributed by atoms with E-state index in [1.54, 1.807) is 23.2 Å². The molecular weight excluding hydrogens is 535 g/mol. The fourth-order valence-electron chi connectivity index (χ4n) is 5.41. The van der Waals surface area contributed by atoms with Gasteiger partial charge in [-0.1, -0.05) is 39.0 Å². The highest BCUT2D eigenvalue weighted by Gasteiger charge is 2.41. The van der Waals surface area contributed by atoms with Gasteiger partial charge in [-0.2, -0.15) is 0 Å². The lowest BCUT2D eigenvalue weighted by Crippen LogP contribution is -2.60. The van der Waals surface area contributed by atoms with Crippen LogP contribution in [0.2, 0.25) is 0 Å². The average Bonchev–Trinajstić information content (AvgIpc) is 3.60. The van der Waals surface area contributed by atoms with Crippen LogP contribution in [0.1, 0.15) is 56.6 Å². The molecule has 0 aliphatic carbocycles. The van der Waals surface area contributed by atoms with Crippen LogP contribution < -0.4 is 5.32 Å². The van der Waals surface area contributed by atoms with E-state index in [4.69, 9.17) is 0 Å². The van der Waals surface area contributed by atoms with Crippen LogP contribution in [-0.4, -0.2) is 99.1 Å². The minimum atomic E-state index is -0.891. The van der Waals surface area contributed by atoms with Crippen molar-refractivity contribution in [3.05, 3.63) is 71.9 Å². The fourth-order valence-corrected chi connectivity index (χ4v) is 5.41. The number of hydrogen-bond acceptors (Lipinski definition) is 6. The Bertz CT molecular complexity index is 1320. The number of aliphatic hydroxyl groups is 1. The minimum Gasteiger partial charge on any atom is -0.377 e. The van der Waals surface area contributed by atoms with Crippen molar-refractivity contribution < 1.29 is 19.1 Å². The third-order valence-corrected chi connectivity index (χ3v) is 8.27. The molecule has 1 aromatic carbocycles. The lowest BCUT2D eigenvalue weighted by atomic mass is 9.85. The van der Waals surface area contributed by atoms with Crippen molar-refractivity contribution in [3.8, 4) is 0 Å². The number of aromatic nitrogens is 2. The highest BCUT2D eigenvalue weighted by Crippen LogP contribution is 2.27. The number of imidazole rings is 1. The van der Waals surface area contributed by atoms with E-state index in [2.05, 4.69) is 10.3 Å². The Morgan fingerprint density at radius 1 is 1.17 bits per heavy atom. The molecule has 1 saturated heterocycles. The van der Waals surface area contributed by atoms with Gasteiger partial charge in [0.05, 0.1) is 6.04 Å². The molecule has 4 rings (SSSR count). The maximum Gasteiger partial charge on any atom is 0.274 e. The van der Waals surface area contributed by atoms with Gasteiger partial charge in [0.15, 0.2) is 0 Å². The lowest BCUT2D eigenvalue weighted by Gasteiger charge is -2.39. The number of fused-ring (bicyclic) bond motifs is 1. The predicted octanol–water partition coefficient (Wildman–Crippen LogP) is 3.42. The molecule has 0 radical (unpaired) electrons. The van der Waals surface area contributed by atoms with Crippen molar-refractivity contribution in [2.45, 2.75) is 71.3 Å². The van der Waals surface area contributed by atoms with Gasteiger partial charge in [0, 0.05) is 44.1 Å². The zero-order valence-electron chi connectivity index (χ0n) is 25.6. The van der Waals surface area contributed by atoms with E-state index in [-0.39, 0.29) is 29.7 Å². The van der Waals surface area contributed by atoms with Gasteiger partial charge in [-0.3, -0.25) is 14.9 Å². The van der Waals surface area contributed by atoms with Gasteiger partial charge in [0.25, 0.3) is 5.91 Å². The summed E-state index contributed by atoms with van der Waals surface area (Å²) in [6, 6.07) is 10.9. The third kappa shape index (κ3) is 7.53. The summed E-state index contributed by atoms with van der Waals surface area (Å²) >= 11 is 0. The molecule has 1 aliphatic rings. The smallest absolute Gasteiger partial charge is 0.274 e. The summed E-state index contributed by atoms with van der Waals surface area (Å²) in [6.45, 7) is 9.22. The molecule has 3 aromatic rings. The second-order valence-electron chi connectivity index (χ2n) is 12.7. The van der Waals surface area contributed by atoms with Gasteiger partial charge in [-0.05, 0) is 75.5 Å². The molecule has 3 unspecified atom stereocenters. The highest BCUT2D eigenvalue weighted by atomic mass is 19.1. The van der Waals surface area contributed by atoms with Crippen molar-refractivity contribution in [2.24, 2.45) is 5.41 Å². The number of amides is 2. The van der Waals surface area contributed by atoms with Gasteiger partial charge in [-0.15, -0.1) is 0 Å². The number of hydrogen-bond donors (Lipinski definition) is 2. The second-order valence-corrected chi connectivity index (χ2v) is 12.7. The van der Waals surface area contributed by atoms with Crippen LogP contribution in [0, 0.1) is 11.2 Å². The average molecular weight is 581 g/mol. The van der Waals surface area contributed by atoms with E-state index in [9.17, 15) is 19.1 Å². The molecule has 228 valence electrons. The largest absolute Gasteiger partial charge is 0.377 e. The van der Waals surface area contributed by atoms with E-state index in [1.165, 1.54) is 12.1 Å². The number of likely N-dealkylation sites (N-methyl/N-ethyl adjacent to an activating group) is 1. The van der Waals surface area contributed by atoms with Crippen molar-refractivity contribution in [3.63, 3.8) is 0 Å². The van der Waals surface area contributed by atoms with Crippen LogP contribution in [0.5, 0.6) is 0 Å². The first-order valence-electron chi connectivity index (χ1n) is 14.7. The fraction of sp³-hybridized carbons (Fsp3) is 0.531. The molecule has 42 heavy (non-hydrogen) atoms. The molecule has 0 bridgehead atoms. The summed E-state index contributed by atoms with van der Waals surface area (Å²) in [5.41, 5.74) is 1.49. The molecule has 0 spiro atoms. The number of nitrogens with zero attached hydrogens (tertiary/aromatic N) is 5. The summed E-state index contributed by atoms with van der Waals surface area (Å²) in [5, 5.41) is 14.1. The van der Waals surface area contributed by atoms with E-state index < -0.39 is 17.7 Å². The predicted molar refractivity (Wildman–Crippen MR) is 161 cm³/mol. The Hall–Kier alpha value is -3.34. The summed E-state index contributed by atoms with van der Waals surface area (Å²) in [4.78, 5) is 38.0. The number of rotatable bonds is 11. The molecule has 2 amide bonds. The van der Waals surface area contributed by atoms with Crippen molar-refractivity contribution in [2.75, 3.05) is 33.7 Å².